The van der Waals surface area contributed by atoms with E-state index < -0.39 is 4.92 Å². The van der Waals surface area contributed by atoms with Crippen LogP contribution in [-0.4, -0.2) is 52.4 Å². The number of aromatic nitrogens is 1. The number of amides is 1. The van der Waals surface area contributed by atoms with Crippen LogP contribution in [0.3, 0.4) is 0 Å². The number of methoxy groups -OCH3 is 1. The van der Waals surface area contributed by atoms with Crippen molar-refractivity contribution >= 4 is 34.7 Å². The highest BCUT2D eigenvalue weighted by Gasteiger charge is 2.29. The van der Waals surface area contributed by atoms with Crippen molar-refractivity contribution in [2.75, 3.05) is 31.7 Å². The summed E-state index contributed by atoms with van der Waals surface area (Å²) in [5, 5.41) is 13.3. The van der Waals surface area contributed by atoms with Crippen LogP contribution in [0.15, 0.2) is 23.0 Å². The van der Waals surface area contributed by atoms with E-state index in [0.29, 0.717) is 18.8 Å². The molecule has 1 saturated heterocycles. The van der Waals surface area contributed by atoms with Gasteiger partial charge in [-0.3, -0.25) is 14.9 Å². The Morgan fingerprint density at radius 3 is 2.73 bits per heavy atom. The number of rotatable bonds is 6. The van der Waals surface area contributed by atoms with Gasteiger partial charge in [0.25, 0.3) is 11.6 Å². The van der Waals surface area contributed by atoms with Gasteiger partial charge in [0.1, 0.15) is 12.2 Å². The molecule has 1 aliphatic heterocycles. The summed E-state index contributed by atoms with van der Waals surface area (Å²) >= 11 is 3.19. The molecule has 0 spiro atoms. The van der Waals surface area contributed by atoms with E-state index >= 15 is 0 Å². The number of carbonyl (C=O) groups excluding carboxylic acids is 1. The molecule has 0 radical (unpaired) electrons. The third kappa shape index (κ3) is 4.07. The predicted molar refractivity (Wildman–Crippen MR) is 99.3 cm³/mol. The minimum atomic E-state index is -0.568. The zero-order valence-electron chi connectivity index (χ0n) is 14.0. The van der Waals surface area contributed by atoms with Gasteiger partial charge in [-0.15, -0.1) is 11.3 Å². The lowest BCUT2D eigenvalue weighted by molar-refractivity contribution is -0.385. The number of carbonyl (C=O) groups is 1. The van der Waals surface area contributed by atoms with Crippen LogP contribution >= 0.6 is 23.1 Å². The number of hydrogen-bond acceptors (Lipinski definition) is 8. The summed E-state index contributed by atoms with van der Waals surface area (Å²) in [6.07, 6.45) is 0. The van der Waals surface area contributed by atoms with E-state index in [-0.39, 0.29) is 35.3 Å². The van der Waals surface area contributed by atoms with Gasteiger partial charge in [-0.2, -0.15) is 11.8 Å². The second kappa shape index (κ2) is 8.37. The predicted octanol–water partition coefficient (Wildman–Crippen LogP) is 2.83. The molecule has 1 aliphatic rings. The minimum absolute atomic E-state index is 0.0137. The molecule has 8 nitrogen and oxygen atoms in total. The first-order valence-corrected chi connectivity index (χ1v) is 9.93. The number of nitrogens with zero attached hydrogens (tertiary/aromatic N) is 3. The fourth-order valence-corrected chi connectivity index (χ4v) is 3.99. The van der Waals surface area contributed by atoms with Crippen LogP contribution in [0.5, 0.6) is 11.5 Å². The molecular formula is C16H17N3O5S2. The number of thioether (sulfide) groups is 1. The molecule has 1 amide bonds. The molecule has 0 N–H and O–H groups in total. The number of hydrogen-bond donors (Lipinski definition) is 0. The molecule has 0 aliphatic carbocycles. The van der Waals surface area contributed by atoms with Crippen molar-refractivity contribution in [1.82, 2.24) is 9.88 Å². The summed E-state index contributed by atoms with van der Waals surface area (Å²) in [5.74, 6) is 1.77. The molecule has 0 saturated carbocycles. The van der Waals surface area contributed by atoms with Crippen LogP contribution in [0, 0.1) is 10.1 Å². The highest BCUT2D eigenvalue weighted by atomic mass is 32.2. The lowest BCUT2D eigenvalue weighted by Crippen LogP contribution is -2.38. The third-order valence-electron chi connectivity index (χ3n) is 3.87. The Kier molecular flexibility index (Phi) is 5.94. The maximum Gasteiger partial charge on any atom is 0.286 e. The fraction of sp³-hybridized carbons (Fsp3) is 0.375. The molecule has 10 heteroatoms. The van der Waals surface area contributed by atoms with E-state index in [0.717, 1.165) is 11.5 Å². The van der Waals surface area contributed by atoms with Crippen LogP contribution in [0.1, 0.15) is 16.1 Å². The van der Waals surface area contributed by atoms with Gasteiger partial charge in [-0.05, 0) is 0 Å². The Bertz CT molecular complexity index is 791. The molecule has 3 rings (SSSR count). The van der Waals surface area contributed by atoms with Gasteiger partial charge in [0, 0.05) is 36.0 Å². The highest BCUT2D eigenvalue weighted by Crippen LogP contribution is 2.36. The summed E-state index contributed by atoms with van der Waals surface area (Å²) in [5.41, 5.74) is 2.12. The Hall–Kier alpha value is -2.33. The quantitative estimate of drug-likeness (QED) is 0.548. The standard InChI is InChI=1S/C16H17N3O5S2/c1-23-14-6-12(16(20)18-2-4-25-5-3-18)13(19(21)22)7-15(14)24-8-11-9-26-10-17-11/h6-7,9-10H,2-5,8H2,1H3. The van der Waals surface area contributed by atoms with E-state index in [4.69, 9.17) is 9.47 Å². The third-order valence-corrected chi connectivity index (χ3v) is 5.44. The molecular weight excluding hydrogens is 378 g/mol. The molecule has 0 atom stereocenters. The van der Waals surface area contributed by atoms with E-state index in [1.54, 1.807) is 22.2 Å². The van der Waals surface area contributed by atoms with Crippen LogP contribution in [-0.2, 0) is 6.61 Å². The topological polar surface area (TPSA) is 94.8 Å². The van der Waals surface area contributed by atoms with Gasteiger partial charge in [0.15, 0.2) is 11.5 Å². The summed E-state index contributed by atoms with van der Waals surface area (Å²) in [7, 11) is 1.43. The van der Waals surface area contributed by atoms with Crippen LogP contribution < -0.4 is 9.47 Å². The fourth-order valence-electron chi connectivity index (χ4n) is 2.54. The minimum Gasteiger partial charge on any atom is -0.493 e. The van der Waals surface area contributed by atoms with Crippen molar-refractivity contribution in [3.63, 3.8) is 0 Å². The largest absolute Gasteiger partial charge is 0.493 e. The smallest absolute Gasteiger partial charge is 0.286 e. The molecule has 1 aromatic heterocycles. The molecule has 1 aromatic carbocycles. The zero-order valence-corrected chi connectivity index (χ0v) is 15.7. The molecule has 0 bridgehead atoms. The number of nitro benzene ring substituents is 1. The highest BCUT2D eigenvalue weighted by molar-refractivity contribution is 7.99. The monoisotopic (exact) mass is 395 g/mol. The van der Waals surface area contributed by atoms with Crippen molar-refractivity contribution < 1.29 is 19.2 Å². The first-order valence-electron chi connectivity index (χ1n) is 7.83. The van der Waals surface area contributed by atoms with Gasteiger partial charge < -0.3 is 14.4 Å². The zero-order chi connectivity index (χ0) is 18.5. The van der Waals surface area contributed by atoms with Crippen molar-refractivity contribution in [2.45, 2.75) is 6.61 Å². The Morgan fingerprint density at radius 1 is 1.35 bits per heavy atom. The summed E-state index contributed by atoms with van der Waals surface area (Å²) in [6.45, 7) is 1.31. The van der Waals surface area contributed by atoms with Crippen molar-refractivity contribution in [3.05, 3.63) is 44.4 Å². The van der Waals surface area contributed by atoms with E-state index in [9.17, 15) is 14.9 Å². The normalized spacial score (nSPS) is 14.1. The van der Waals surface area contributed by atoms with Crippen molar-refractivity contribution in [2.24, 2.45) is 0 Å². The average Bonchev–Trinajstić information content (AvgIpc) is 3.19. The van der Waals surface area contributed by atoms with E-state index in [1.165, 1.54) is 30.6 Å². The van der Waals surface area contributed by atoms with Crippen LogP contribution in [0.2, 0.25) is 0 Å². The van der Waals surface area contributed by atoms with E-state index in [1.807, 2.05) is 5.38 Å². The number of benzene rings is 1. The first-order chi connectivity index (χ1) is 12.6. The average molecular weight is 395 g/mol. The number of thiazole rings is 1. The molecule has 2 aromatic rings. The molecule has 1 fully saturated rings. The van der Waals surface area contributed by atoms with Gasteiger partial charge in [0.05, 0.1) is 29.3 Å². The lowest BCUT2D eigenvalue weighted by Gasteiger charge is -2.26. The van der Waals surface area contributed by atoms with E-state index in [2.05, 4.69) is 4.98 Å². The van der Waals surface area contributed by atoms with Crippen molar-refractivity contribution in [1.29, 1.82) is 0 Å². The van der Waals surface area contributed by atoms with Gasteiger partial charge in [-0.25, -0.2) is 4.98 Å². The first kappa shape index (κ1) is 18.5. The number of nitro groups is 1. The summed E-state index contributed by atoms with van der Waals surface area (Å²) < 4.78 is 10.9. The summed E-state index contributed by atoms with van der Waals surface area (Å²) in [6, 6.07) is 2.63. The maximum absolute atomic E-state index is 12.8. The number of ether oxygens (including phenoxy) is 2. The van der Waals surface area contributed by atoms with Crippen LogP contribution in [0.25, 0.3) is 0 Å². The Balaban J connectivity index is 1.91. The van der Waals surface area contributed by atoms with Gasteiger partial charge in [-0.1, -0.05) is 0 Å². The SMILES string of the molecule is COc1cc(C(=O)N2CCSCC2)c([N+](=O)[O-])cc1OCc1cscn1. The Morgan fingerprint density at radius 2 is 2.12 bits per heavy atom. The summed E-state index contributed by atoms with van der Waals surface area (Å²) in [4.78, 5) is 29.4. The lowest BCUT2D eigenvalue weighted by atomic mass is 10.1. The van der Waals surface area contributed by atoms with Gasteiger partial charge in [0.2, 0.25) is 0 Å². The molecule has 0 unspecified atom stereocenters. The molecule has 138 valence electrons. The van der Waals surface area contributed by atoms with Gasteiger partial charge >= 0.3 is 0 Å². The maximum atomic E-state index is 12.8. The Labute approximate surface area is 158 Å². The second-order valence-corrected chi connectivity index (χ2v) is 7.39. The van der Waals surface area contributed by atoms with Crippen molar-refractivity contribution in [3.8, 4) is 11.5 Å². The molecule has 26 heavy (non-hydrogen) atoms. The van der Waals surface area contributed by atoms with Crippen LogP contribution in [0.4, 0.5) is 5.69 Å². The molecule has 2 heterocycles. The second-order valence-electron chi connectivity index (χ2n) is 5.45.